The van der Waals surface area contributed by atoms with E-state index < -0.39 is 0 Å². The van der Waals surface area contributed by atoms with Crippen LogP contribution >= 0.6 is 22.9 Å². The largest absolute Gasteiger partial charge is 0.396 e. The minimum absolute atomic E-state index is 0.203. The first-order chi connectivity index (χ1) is 6.31. The van der Waals surface area contributed by atoms with E-state index in [1.807, 2.05) is 18.2 Å². The van der Waals surface area contributed by atoms with Crippen LogP contribution in [0.5, 0.6) is 0 Å². The Morgan fingerprint density at radius 2 is 2.23 bits per heavy atom. The zero-order valence-corrected chi connectivity index (χ0v) is 8.53. The average molecular weight is 213 g/mol. The average Bonchev–Trinajstić information content (AvgIpc) is 2.49. The maximum absolute atomic E-state index is 8.83. The molecule has 13 heavy (non-hydrogen) atoms. The Morgan fingerprint density at radius 3 is 3.00 bits per heavy atom. The SMILES string of the molecule is OCCc1csc2cc(Cl)ccc12. The van der Waals surface area contributed by atoms with E-state index in [0.717, 1.165) is 11.4 Å². The molecule has 1 aromatic heterocycles. The predicted molar refractivity (Wildman–Crippen MR) is 57.6 cm³/mol. The molecule has 0 saturated heterocycles. The fourth-order valence-electron chi connectivity index (χ4n) is 1.37. The molecule has 0 aliphatic heterocycles. The zero-order chi connectivity index (χ0) is 9.26. The second-order valence-electron chi connectivity index (χ2n) is 2.88. The third-order valence-electron chi connectivity index (χ3n) is 2.00. The van der Waals surface area contributed by atoms with E-state index >= 15 is 0 Å². The van der Waals surface area contributed by atoms with Crippen LogP contribution in [-0.2, 0) is 6.42 Å². The summed E-state index contributed by atoms with van der Waals surface area (Å²) in [5.41, 5.74) is 1.21. The van der Waals surface area contributed by atoms with Crippen molar-refractivity contribution in [2.45, 2.75) is 6.42 Å². The second-order valence-corrected chi connectivity index (χ2v) is 4.22. The van der Waals surface area contributed by atoms with Gasteiger partial charge in [-0.15, -0.1) is 11.3 Å². The normalized spacial score (nSPS) is 10.9. The second kappa shape index (κ2) is 3.66. The van der Waals surface area contributed by atoms with Gasteiger partial charge < -0.3 is 5.11 Å². The molecule has 0 fully saturated rings. The summed E-state index contributed by atoms with van der Waals surface area (Å²) in [5, 5.41) is 12.9. The molecule has 2 rings (SSSR count). The van der Waals surface area contributed by atoms with Crippen LogP contribution < -0.4 is 0 Å². The molecule has 68 valence electrons. The summed E-state index contributed by atoms with van der Waals surface area (Å²) < 4.78 is 1.19. The van der Waals surface area contributed by atoms with Gasteiger partial charge in [0.25, 0.3) is 0 Å². The summed E-state index contributed by atoms with van der Waals surface area (Å²) in [5.74, 6) is 0. The highest BCUT2D eigenvalue weighted by molar-refractivity contribution is 7.17. The minimum atomic E-state index is 0.203. The maximum atomic E-state index is 8.83. The van der Waals surface area contributed by atoms with Crippen LogP contribution in [0.4, 0.5) is 0 Å². The quantitative estimate of drug-likeness (QED) is 0.811. The van der Waals surface area contributed by atoms with Gasteiger partial charge in [0.15, 0.2) is 0 Å². The van der Waals surface area contributed by atoms with Crippen molar-refractivity contribution >= 4 is 33.0 Å². The summed E-state index contributed by atoms with van der Waals surface area (Å²) in [6.45, 7) is 0.203. The fraction of sp³-hybridized carbons (Fsp3) is 0.200. The van der Waals surface area contributed by atoms with Crippen molar-refractivity contribution in [1.82, 2.24) is 0 Å². The molecule has 3 heteroatoms. The molecule has 0 aliphatic carbocycles. The van der Waals surface area contributed by atoms with Gasteiger partial charge in [-0.25, -0.2) is 0 Å². The topological polar surface area (TPSA) is 20.2 Å². The van der Waals surface area contributed by atoms with Gasteiger partial charge in [0.2, 0.25) is 0 Å². The van der Waals surface area contributed by atoms with E-state index in [1.165, 1.54) is 15.6 Å². The van der Waals surface area contributed by atoms with Gasteiger partial charge in [0.1, 0.15) is 0 Å². The molecule has 2 aromatic rings. The number of hydrogen-bond acceptors (Lipinski definition) is 2. The van der Waals surface area contributed by atoms with E-state index in [4.69, 9.17) is 16.7 Å². The Hall–Kier alpha value is -0.570. The minimum Gasteiger partial charge on any atom is -0.396 e. The number of halogens is 1. The maximum Gasteiger partial charge on any atom is 0.0471 e. The summed E-state index contributed by atoms with van der Waals surface area (Å²) in [7, 11) is 0. The standard InChI is InChI=1S/C10H9ClOS/c11-8-1-2-9-7(3-4-12)6-13-10(9)5-8/h1-2,5-6,12H,3-4H2. The van der Waals surface area contributed by atoms with E-state index in [9.17, 15) is 0 Å². The Kier molecular flexibility index (Phi) is 2.54. The number of aliphatic hydroxyl groups is 1. The Morgan fingerprint density at radius 1 is 1.38 bits per heavy atom. The third kappa shape index (κ3) is 1.70. The Labute approximate surface area is 85.6 Å². The lowest BCUT2D eigenvalue weighted by Gasteiger charge is -1.95. The van der Waals surface area contributed by atoms with Gasteiger partial charge in [-0.1, -0.05) is 17.7 Å². The molecule has 0 aliphatic rings. The molecule has 0 bridgehead atoms. The fourth-order valence-corrected chi connectivity index (χ4v) is 2.64. The van der Waals surface area contributed by atoms with Crippen molar-refractivity contribution in [2.24, 2.45) is 0 Å². The van der Waals surface area contributed by atoms with Gasteiger partial charge in [0, 0.05) is 16.3 Å². The Balaban J connectivity index is 2.55. The number of hydrogen-bond donors (Lipinski definition) is 1. The Bertz CT molecular complexity index is 422. The van der Waals surface area contributed by atoms with Gasteiger partial charge in [0.05, 0.1) is 0 Å². The van der Waals surface area contributed by atoms with E-state index in [2.05, 4.69) is 5.38 Å². The molecular formula is C10H9ClOS. The van der Waals surface area contributed by atoms with Crippen molar-refractivity contribution in [2.75, 3.05) is 6.61 Å². The number of benzene rings is 1. The number of rotatable bonds is 2. The van der Waals surface area contributed by atoms with E-state index in [1.54, 1.807) is 11.3 Å². The van der Waals surface area contributed by atoms with Gasteiger partial charge >= 0.3 is 0 Å². The molecule has 0 saturated carbocycles. The first-order valence-corrected chi connectivity index (χ1v) is 5.33. The van der Waals surface area contributed by atoms with Crippen molar-refractivity contribution < 1.29 is 5.11 Å². The molecule has 1 nitrogen and oxygen atoms in total. The predicted octanol–water partition coefficient (Wildman–Crippen LogP) is 3.09. The monoisotopic (exact) mass is 212 g/mol. The summed E-state index contributed by atoms with van der Waals surface area (Å²) >= 11 is 7.53. The first-order valence-electron chi connectivity index (χ1n) is 4.08. The van der Waals surface area contributed by atoms with Crippen molar-refractivity contribution in [3.63, 3.8) is 0 Å². The van der Waals surface area contributed by atoms with E-state index in [0.29, 0.717) is 0 Å². The molecular weight excluding hydrogens is 204 g/mol. The van der Waals surface area contributed by atoms with Gasteiger partial charge in [-0.3, -0.25) is 0 Å². The van der Waals surface area contributed by atoms with Crippen LogP contribution in [0.25, 0.3) is 10.1 Å². The van der Waals surface area contributed by atoms with Crippen LogP contribution in [-0.4, -0.2) is 11.7 Å². The first kappa shape index (κ1) is 9.00. The molecule has 1 N–H and O–H groups in total. The van der Waals surface area contributed by atoms with Crippen LogP contribution in [0.2, 0.25) is 5.02 Å². The number of thiophene rings is 1. The van der Waals surface area contributed by atoms with E-state index in [-0.39, 0.29) is 6.61 Å². The highest BCUT2D eigenvalue weighted by atomic mass is 35.5. The third-order valence-corrected chi connectivity index (χ3v) is 3.23. The van der Waals surface area contributed by atoms with Crippen molar-refractivity contribution in [3.05, 3.63) is 34.2 Å². The van der Waals surface area contributed by atoms with Crippen LogP contribution in [0.15, 0.2) is 23.6 Å². The summed E-state index contributed by atoms with van der Waals surface area (Å²) in [6.07, 6.45) is 0.724. The molecule has 1 heterocycles. The molecule has 0 spiro atoms. The number of aliphatic hydroxyl groups excluding tert-OH is 1. The lowest BCUT2D eigenvalue weighted by atomic mass is 10.1. The van der Waals surface area contributed by atoms with Crippen molar-refractivity contribution in [1.29, 1.82) is 0 Å². The lowest BCUT2D eigenvalue weighted by molar-refractivity contribution is 0.300. The highest BCUT2D eigenvalue weighted by Crippen LogP contribution is 2.28. The van der Waals surface area contributed by atoms with Gasteiger partial charge in [-0.2, -0.15) is 0 Å². The van der Waals surface area contributed by atoms with Gasteiger partial charge in [-0.05, 0) is 34.9 Å². The smallest absolute Gasteiger partial charge is 0.0471 e. The molecule has 0 radical (unpaired) electrons. The lowest BCUT2D eigenvalue weighted by Crippen LogP contribution is -1.87. The summed E-state index contributed by atoms with van der Waals surface area (Å²) in [4.78, 5) is 0. The molecule has 0 amide bonds. The molecule has 0 unspecified atom stereocenters. The summed E-state index contributed by atoms with van der Waals surface area (Å²) in [6, 6.07) is 5.86. The molecule has 0 atom stereocenters. The highest BCUT2D eigenvalue weighted by Gasteiger charge is 2.03. The van der Waals surface area contributed by atoms with Crippen LogP contribution in [0.3, 0.4) is 0 Å². The van der Waals surface area contributed by atoms with Crippen LogP contribution in [0.1, 0.15) is 5.56 Å². The molecule has 1 aromatic carbocycles. The zero-order valence-electron chi connectivity index (χ0n) is 6.96. The van der Waals surface area contributed by atoms with Crippen molar-refractivity contribution in [3.8, 4) is 0 Å². The van der Waals surface area contributed by atoms with Crippen LogP contribution in [0, 0.1) is 0 Å². The number of fused-ring (bicyclic) bond motifs is 1.